The van der Waals surface area contributed by atoms with E-state index in [1.807, 2.05) is 41.2 Å². The van der Waals surface area contributed by atoms with E-state index in [0.717, 1.165) is 43.5 Å². The maximum absolute atomic E-state index is 8.69. The van der Waals surface area contributed by atoms with Crippen LogP contribution in [0.5, 0.6) is 0 Å². The van der Waals surface area contributed by atoms with Gasteiger partial charge in [-0.15, -0.1) is 5.10 Å². The van der Waals surface area contributed by atoms with Gasteiger partial charge < -0.3 is 5.11 Å². The van der Waals surface area contributed by atoms with E-state index < -0.39 is 0 Å². The van der Waals surface area contributed by atoms with Crippen LogP contribution in [0, 0.1) is 0 Å². The fraction of sp³-hybridized carbons (Fsp3) is 0.429. The molecule has 4 nitrogen and oxygen atoms in total. The summed E-state index contributed by atoms with van der Waals surface area (Å²) in [5.74, 6) is 0. The van der Waals surface area contributed by atoms with Gasteiger partial charge in [-0.25, -0.2) is 4.68 Å². The average Bonchev–Trinajstić information content (AvgIpc) is 2.88. The summed E-state index contributed by atoms with van der Waals surface area (Å²) in [6.07, 6.45) is 7.17. The number of rotatable bonds is 7. The van der Waals surface area contributed by atoms with Crippen LogP contribution in [0.1, 0.15) is 31.4 Å². The Hall–Kier alpha value is -1.68. The van der Waals surface area contributed by atoms with Crippen LogP contribution in [0.15, 0.2) is 36.5 Å². The minimum atomic E-state index is 0.296. The number of hydrogen-bond acceptors (Lipinski definition) is 3. The molecule has 0 spiro atoms. The first-order valence-electron chi connectivity index (χ1n) is 6.47. The molecule has 1 heterocycles. The quantitative estimate of drug-likeness (QED) is 0.762. The average molecular weight is 245 g/mol. The molecule has 2 rings (SSSR count). The smallest absolute Gasteiger partial charge is 0.0831 e. The topological polar surface area (TPSA) is 50.9 Å². The molecule has 0 fully saturated rings. The molecule has 0 bridgehead atoms. The Morgan fingerprint density at radius 1 is 1.00 bits per heavy atom. The molecule has 1 aromatic carbocycles. The van der Waals surface area contributed by atoms with Gasteiger partial charge in [-0.2, -0.15) is 0 Å². The summed E-state index contributed by atoms with van der Waals surface area (Å²) in [5, 5.41) is 17.0. The Kier molecular flexibility index (Phi) is 4.90. The zero-order valence-corrected chi connectivity index (χ0v) is 10.5. The van der Waals surface area contributed by atoms with Crippen LogP contribution < -0.4 is 0 Å². The van der Waals surface area contributed by atoms with Crippen molar-refractivity contribution in [3.63, 3.8) is 0 Å². The van der Waals surface area contributed by atoms with Crippen molar-refractivity contribution in [2.75, 3.05) is 6.61 Å². The second-order valence-electron chi connectivity index (χ2n) is 4.38. The highest BCUT2D eigenvalue weighted by molar-refractivity contribution is 5.29. The summed E-state index contributed by atoms with van der Waals surface area (Å²) < 4.78 is 1.81. The monoisotopic (exact) mass is 245 g/mol. The summed E-state index contributed by atoms with van der Waals surface area (Å²) in [5.41, 5.74) is 2.07. The number of unbranched alkanes of at least 4 members (excludes halogenated alkanes) is 3. The van der Waals surface area contributed by atoms with E-state index in [2.05, 4.69) is 10.3 Å². The Morgan fingerprint density at radius 3 is 2.56 bits per heavy atom. The maximum atomic E-state index is 8.69. The van der Waals surface area contributed by atoms with Gasteiger partial charge in [0.2, 0.25) is 0 Å². The van der Waals surface area contributed by atoms with E-state index >= 15 is 0 Å². The Bertz CT molecular complexity index is 453. The summed E-state index contributed by atoms with van der Waals surface area (Å²) in [6, 6.07) is 10.00. The van der Waals surface area contributed by atoms with Gasteiger partial charge in [0.05, 0.1) is 17.6 Å². The van der Waals surface area contributed by atoms with Gasteiger partial charge in [0, 0.05) is 6.61 Å². The van der Waals surface area contributed by atoms with Crippen molar-refractivity contribution in [2.24, 2.45) is 0 Å². The Balaban J connectivity index is 1.83. The van der Waals surface area contributed by atoms with Gasteiger partial charge in [0.25, 0.3) is 0 Å². The second-order valence-corrected chi connectivity index (χ2v) is 4.38. The molecule has 0 unspecified atom stereocenters. The van der Waals surface area contributed by atoms with Crippen LogP contribution in [0.3, 0.4) is 0 Å². The molecule has 4 heteroatoms. The third-order valence-electron chi connectivity index (χ3n) is 2.90. The predicted octanol–water partition coefficient (Wildman–Crippen LogP) is 2.36. The third kappa shape index (κ3) is 3.67. The largest absolute Gasteiger partial charge is 0.396 e. The fourth-order valence-electron chi connectivity index (χ4n) is 1.89. The summed E-state index contributed by atoms with van der Waals surface area (Å²) in [6.45, 7) is 0.296. The number of aliphatic hydroxyl groups is 1. The molecule has 2 aromatic rings. The molecule has 0 aliphatic carbocycles. The van der Waals surface area contributed by atoms with Gasteiger partial charge in [-0.05, 0) is 31.4 Å². The van der Waals surface area contributed by atoms with Crippen LogP contribution in [-0.2, 0) is 6.42 Å². The molecular formula is C14H19N3O. The number of nitrogens with zero attached hydrogens (tertiary/aromatic N) is 3. The lowest BCUT2D eigenvalue weighted by Crippen LogP contribution is -1.93. The number of benzene rings is 1. The fourth-order valence-corrected chi connectivity index (χ4v) is 1.89. The lowest BCUT2D eigenvalue weighted by atomic mass is 10.1. The number of hydrogen-bond donors (Lipinski definition) is 1. The first-order valence-corrected chi connectivity index (χ1v) is 6.47. The highest BCUT2D eigenvalue weighted by Crippen LogP contribution is 2.08. The molecule has 18 heavy (non-hydrogen) atoms. The van der Waals surface area contributed by atoms with Crippen LogP contribution in [0.2, 0.25) is 0 Å². The first-order chi connectivity index (χ1) is 8.90. The van der Waals surface area contributed by atoms with E-state index in [0.29, 0.717) is 6.61 Å². The molecule has 96 valence electrons. The minimum absolute atomic E-state index is 0.296. The number of para-hydroxylation sites is 1. The molecular weight excluding hydrogens is 226 g/mol. The molecule has 0 atom stereocenters. The normalized spacial score (nSPS) is 10.7. The molecule has 0 aliphatic heterocycles. The number of aryl methyl sites for hydroxylation is 1. The van der Waals surface area contributed by atoms with Gasteiger partial charge in [0.15, 0.2) is 0 Å². The van der Waals surface area contributed by atoms with Gasteiger partial charge in [0.1, 0.15) is 0 Å². The maximum Gasteiger partial charge on any atom is 0.0831 e. The molecule has 0 radical (unpaired) electrons. The van der Waals surface area contributed by atoms with Crippen molar-refractivity contribution >= 4 is 0 Å². The predicted molar refractivity (Wildman–Crippen MR) is 70.6 cm³/mol. The van der Waals surface area contributed by atoms with Crippen molar-refractivity contribution in [1.29, 1.82) is 0 Å². The van der Waals surface area contributed by atoms with E-state index in [1.54, 1.807) is 0 Å². The van der Waals surface area contributed by atoms with E-state index in [9.17, 15) is 0 Å². The zero-order chi connectivity index (χ0) is 12.6. The molecule has 0 aliphatic rings. The van der Waals surface area contributed by atoms with E-state index in [-0.39, 0.29) is 0 Å². The van der Waals surface area contributed by atoms with Crippen molar-refractivity contribution < 1.29 is 5.11 Å². The standard InChI is InChI=1S/C14H19N3O/c18-11-7-2-1-4-8-13-12-17(16-15-13)14-9-5-3-6-10-14/h3,5-6,9-10,12,18H,1-2,4,7-8,11H2. The van der Waals surface area contributed by atoms with E-state index in [1.165, 1.54) is 0 Å². The van der Waals surface area contributed by atoms with Crippen LogP contribution in [0.4, 0.5) is 0 Å². The lowest BCUT2D eigenvalue weighted by Gasteiger charge is -1.98. The first kappa shape index (κ1) is 12.8. The van der Waals surface area contributed by atoms with Crippen LogP contribution in [0.25, 0.3) is 5.69 Å². The molecule has 1 N–H and O–H groups in total. The van der Waals surface area contributed by atoms with Crippen LogP contribution >= 0.6 is 0 Å². The number of aromatic nitrogens is 3. The van der Waals surface area contributed by atoms with Crippen molar-refractivity contribution in [2.45, 2.75) is 32.1 Å². The van der Waals surface area contributed by atoms with Crippen LogP contribution in [-0.4, -0.2) is 26.7 Å². The lowest BCUT2D eigenvalue weighted by molar-refractivity contribution is 0.282. The molecule has 0 saturated heterocycles. The van der Waals surface area contributed by atoms with Crippen molar-refractivity contribution in [3.8, 4) is 5.69 Å². The molecule has 0 saturated carbocycles. The van der Waals surface area contributed by atoms with Gasteiger partial charge >= 0.3 is 0 Å². The second kappa shape index (κ2) is 6.91. The summed E-state index contributed by atoms with van der Waals surface area (Å²) >= 11 is 0. The highest BCUT2D eigenvalue weighted by atomic mass is 16.2. The van der Waals surface area contributed by atoms with Crippen molar-refractivity contribution in [1.82, 2.24) is 15.0 Å². The number of aliphatic hydroxyl groups excluding tert-OH is 1. The van der Waals surface area contributed by atoms with Gasteiger partial charge in [-0.3, -0.25) is 0 Å². The zero-order valence-electron chi connectivity index (χ0n) is 10.5. The summed E-state index contributed by atoms with van der Waals surface area (Å²) in [4.78, 5) is 0. The Labute approximate surface area is 107 Å². The third-order valence-corrected chi connectivity index (χ3v) is 2.90. The molecule has 1 aromatic heterocycles. The Morgan fingerprint density at radius 2 is 1.78 bits per heavy atom. The van der Waals surface area contributed by atoms with E-state index in [4.69, 9.17) is 5.11 Å². The summed E-state index contributed by atoms with van der Waals surface area (Å²) in [7, 11) is 0. The van der Waals surface area contributed by atoms with Crippen molar-refractivity contribution in [3.05, 3.63) is 42.2 Å². The molecule has 0 amide bonds. The highest BCUT2D eigenvalue weighted by Gasteiger charge is 2.02. The SMILES string of the molecule is OCCCCCCc1cn(-c2ccccc2)nn1. The van der Waals surface area contributed by atoms with Gasteiger partial charge in [-0.1, -0.05) is 36.3 Å². The minimum Gasteiger partial charge on any atom is -0.396 e.